The maximum Gasteiger partial charge on any atom is 0.211 e. The Kier molecular flexibility index (Phi) is 5.88. The lowest BCUT2D eigenvalue weighted by Gasteiger charge is -2.27. The first kappa shape index (κ1) is 17.7. The van der Waals surface area contributed by atoms with Crippen LogP contribution in [0.25, 0.3) is 0 Å². The van der Waals surface area contributed by atoms with Crippen molar-refractivity contribution in [3.8, 4) is 0 Å². The van der Waals surface area contributed by atoms with Gasteiger partial charge >= 0.3 is 0 Å². The van der Waals surface area contributed by atoms with Crippen molar-refractivity contribution in [2.45, 2.75) is 32.1 Å². The second-order valence-electron chi connectivity index (χ2n) is 6.55. The molecule has 124 valence electrons. The molecule has 0 bridgehead atoms. The van der Waals surface area contributed by atoms with Gasteiger partial charge in [0.1, 0.15) is 0 Å². The largest absolute Gasteiger partial charge is 0.381 e. The van der Waals surface area contributed by atoms with Gasteiger partial charge in [0.15, 0.2) is 0 Å². The van der Waals surface area contributed by atoms with Crippen molar-refractivity contribution >= 4 is 21.6 Å². The number of sulfonamides is 1. The highest BCUT2D eigenvalue weighted by Gasteiger charge is 2.26. The van der Waals surface area contributed by atoms with Gasteiger partial charge in [0, 0.05) is 30.2 Å². The van der Waals surface area contributed by atoms with Gasteiger partial charge in [-0.15, -0.1) is 0 Å². The van der Waals surface area contributed by atoms with Gasteiger partial charge in [-0.2, -0.15) is 0 Å². The Labute approximate surface area is 138 Å². The lowest BCUT2D eigenvalue weighted by atomic mass is 9.85. The molecule has 6 heteroatoms. The first-order valence-corrected chi connectivity index (χ1v) is 9.63. The van der Waals surface area contributed by atoms with Crippen LogP contribution in [-0.4, -0.2) is 33.9 Å². The van der Waals surface area contributed by atoms with E-state index in [2.05, 4.69) is 4.72 Å². The molecule has 1 aromatic rings. The van der Waals surface area contributed by atoms with E-state index >= 15 is 0 Å². The van der Waals surface area contributed by atoms with Crippen LogP contribution in [0.1, 0.15) is 32.3 Å². The highest BCUT2D eigenvalue weighted by Crippen LogP contribution is 2.25. The Morgan fingerprint density at radius 2 is 2.00 bits per heavy atom. The van der Waals surface area contributed by atoms with Crippen LogP contribution in [0.15, 0.2) is 24.3 Å². The summed E-state index contributed by atoms with van der Waals surface area (Å²) in [6.07, 6.45) is 1.64. The molecular weight excluding hydrogens is 322 g/mol. The van der Waals surface area contributed by atoms with Crippen LogP contribution in [0.4, 0.5) is 0 Å². The molecule has 0 saturated carbocycles. The fraction of sp³-hybridized carbons (Fsp3) is 0.625. The first-order chi connectivity index (χ1) is 10.3. The fourth-order valence-corrected chi connectivity index (χ4v) is 4.43. The Hall–Kier alpha value is -0.620. The lowest BCUT2D eigenvalue weighted by Crippen LogP contribution is -2.39. The van der Waals surface area contributed by atoms with Crippen LogP contribution >= 0.6 is 11.6 Å². The maximum absolute atomic E-state index is 12.3. The minimum atomic E-state index is -3.27. The predicted octanol–water partition coefficient (Wildman–Crippen LogP) is 2.96. The topological polar surface area (TPSA) is 55.4 Å². The standard InChI is InChI=1S/C16H24ClNO3S/c1-16(2,14-4-3-5-15(17)10-14)12-18-22(19,20)11-13-6-8-21-9-7-13/h3-5,10,13,18H,6-9,11-12H2,1-2H3. The summed E-state index contributed by atoms with van der Waals surface area (Å²) in [6, 6.07) is 7.55. The van der Waals surface area contributed by atoms with Crippen LogP contribution in [0.5, 0.6) is 0 Å². The molecule has 4 nitrogen and oxygen atoms in total. The van der Waals surface area contributed by atoms with E-state index in [1.807, 2.05) is 38.1 Å². The van der Waals surface area contributed by atoms with Crippen LogP contribution in [0, 0.1) is 5.92 Å². The number of rotatable bonds is 6. The summed E-state index contributed by atoms with van der Waals surface area (Å²) < 4.78 is 32.6. The number of halogens is 1. The van der Waals surface area contributed by atoms with Gasteiger partial charge in [0.05, 0.1) is 5.75 Å². The first-order valence-electron chi connectivity index (χ1n) is 7.60. The van der Waals surface area contributed by atoms with Crippen molar-refractivity contribution in [1.29, 1.82) is 0 Å². The molecule has 1 aliphatic heterocycles. The zero-order valence-corrected chi connectivity index (χ0v) is 14.7. The van der Waals surface area contributed by atoms with E-state index in [-0.39, 0.29) is 17.1 Å². The lowest BCUT2D eigenvalue weighted by molar-refractivity contribution is 0.0723. The third-order valence-corrected chi connectivity index (χ3v) is 5.87. The summed E-state index contributed by atoms with van der Waals surface area (Å²) in [5.41, 5.74) is 0.710. The monoisotopic (exact) mass is 345 g/mol. The minimum Gasteiger partial charge on any atom is -0.381 e. The van der Waals surface area contributed by atoms with Crippen LogP contribution < -0.4 is 4.72 Å². The third kappa shape index (κ3) is 5.23. The Morgan fingerprint density at radius 1 is 1.32 bits per heavy atom. The molecule has 0 aromatic heterocycles. The highest BCUT2D eigenvalue weighted by atomic mass is 35.5. The maximum atomic E-state index is 12.3. The Bertz CT molecular complexity index is 595. The van der Waals surface area contributed by atoms with E-state index in [9.17, 15) is 8.42 Å². The molecule has 0 amide bonds. The van der Waals surface area contributed by atoms with Crippen molar-refractivity contribution in [3.05, 3.63) is 34.9 Å². The van der Waals surface area contributed by atoms with Crippen molar-refractivity contribution < 1.29 is 13.2 Å². The van der Waals surface area contributed by atoms with E-state index in [1.165, 1.54) is 0 Å². The van der Waals surface area contributed by atoms with Crippen LogP contribution in [0.2, 0.25) is 5.02 Å². The molecule has 1 N–H and O–H groups in total. The Balaban J connectivity index is 1.95. The van der Waals surface area contributed by atoms with Crippen molar-refractivity contribution in [2.24, 2.45) is 5.92 Å². The van der Waals surface area contributed by atoms with Crippen molar-refractivity contribution in [1.82, 2.24) is 4.72 Å². The zero-order chi connectivity index (χ0) is 16.2. The molecule has 0 radical (unpaired) electrons. The molecular formula is C16H24ClNO3S. The van der Waals surface area contributed by atoms with Gasteiger partial charge in [-0.25, -0.2) is 13.1 Å². The summed E-state index contributed by atoms with van der Waals surface area (Å²) in [7, 11) is -3.27. The third-order valence-electron chi connectivity index (χ3n) is 4.14. The Morgan fingerprint density at radius 3 is 2.64 bits per heavy atom. The van der Waals surface area contributed by atoms with Gasteiger partial charge in [-0.1, -0.05) is 37.6 Å². The molecule has 1 aliphatic rings. The molecule has 0 unspecified atom stereocenters. The van der Waals surface area contributed by atoms with Gasteiger partial charge < -0.3 is 4.74 Å². The zero-order valence-electron chi connectivity index (χ0n) is 13.1. The number of hydrogen-bond donors (Lipinski definition) is 1. The number of hydrogen-bond acceptors (Lipinski definition) is 3. The number of nitrogens with one attached hydrogen (secondary N) is 1. The predicted molar refractivity (Wildman–Crippen MR) is 89.8 cm³/mol. The van der Waals surface area contributed by atoms with E-state index in [1.54, 1.807) is 0 Å². The SMILES string of the molecule is CC(C)(CNS(=O)(=O)CC1CCOCC1)c1cccc(Cl)c1. The summed E-state index contributed by atoms with van der Waals surface area (Å²) in [6.45, 7) is 5.70. The van der Waals surface area contributed by atoms with Gasteiger partial charge in [-0.05, 0) is 36.5 Å². The molecule has 0 atom stereocenters. The minimum absolute atomic E-state index is 0.183. The van der Waals surface area contributed by atoms with Crippen LogP contribution in [-0.2, 0) is 20.2 Å². The molecule has 1 fully saturated rings. The number of benzene rings is 1. The van der Waals surface area contributed by atoms with Crippen molar-refractivity contribution in [3.63, 3.8) is 0 Å². The van der Waals surface area contributed by atoms with Crippen molar-refractivity contribution in [2.75, 3.05) is 25.5 Å². The molecule has 1 aromatic carbocycles. The van der Waals surface area contributed by atoms with E-state index in [0.29, 0.717) is 24.8 Å². The quantitative estimate of drug-likeness (QED) is 0.862. The van der Waals surface area contributed by atoms with Gasteiger partial charge in [0.25, 0.3) is 0 Å². The second-order valence-corrected chi connectivity index (χ2v) is 8.84. The molecule has 22 heavy (non-hydrogen) atoms. The van der Waals surface area contributed by atoms with Crippen LogP contribution in [0.3, 0.4) is 0 Å². The summed E-state index contributed by atoms with van der Waals surface area (Å²) in [5, 5.41) is 0.663. The summed E-state index contributed by atoms with van der Waals surface area (Å²) in [4.78, 5) is 0. The molecule has 2 rings (SSSR count). The normalized spacial score (nSPS) is 17.6. The second kappa shape index (κ2) is 7.30. The molecule has 1 heterocycles. The average molecular weight is 346 g/mol. The number of ether oxygens (including phenoxy) is 1. The smallest absolute Gasteiger partial charge is 0.211 e. The fourth-order valence-electron chi connectivity index (χ4n) is 2.58. The molecule has 0 aliphatic carbocycles. The molecule has 1 saturated heterocycles. The molecule has 0 spiro atoms. The average Bonchev–Trinajstić information content (AvgIpc) is 2.46. The van der Waals surface area contributed by atoms with Gasteiger partial charge in [0.2, 0.25) is 10.0 Å². The van der Waals surface area contributed by atoms with Gasteiger partial charge in [-0.3, -0.25) is 0 Å². The highest BCUT2D eigenvalue weighted by molar-refractivity contribution is 7.89. The van der Waals surface area contributed by atoms with E-state index < -0.39 is 10.0 Å². The van der Waals surface area contributed by atoms with E-state index in [0.717, 1.165) is 18.4 Å². The van der Waals surface area contributed by atoms with E-state index in [4.69, 9.17) is 16.3 Å². The summed E-state index contributed by atoms with van der Waals surface area (Å²) >= 11 is 6.02. The summed E-state index contributed by atoms with van der Waals surface area (Å²) in [5.74, 6) is 0.377.